The Balaban J connectivity index is 2.62. The highest BCUT2D eigenvalue weighted by Crippen LogP contribution is 2.11. The fraction of sp³-hybridized carbons (Fsp3) is 0.636. The molecule has 0 aromatic carbocycles. The van der Waals surface area contributed by atoms with Crippen LogP contribution in [0.25, 0.3) is 0 Å². The highest BCUT2D eigenvalue weighted by Gasteiger charge is 2.16. The first-order valence-corrected chi connectivity index (χ1v) is 5.09. The van der Waals surface area contributed by atoms with Gasteiger partial charge in [-0.25, -0.2) is 4.39 Å². The number of allylic oxidation sites excluding steroid dienone is 4. The number of hydrogen-bond donors (Lipinski definition) is 1. The van der Waals surface area contributed by atoms with Crippen molar-refractivity contribution in [2.24, 2.45) is 0 Å². The van der Waals surface area contributed by atoms with Crippen LogP contribution in [0.3, 0.4) is 0 Å². The number of nitrogens with one attached hydrogen (secondary N) is 1. The third-order valence-corrected chi connectivity index (χ3v) is 2.51. The molecule has 0 aromatic rings. The van der Waals surface area contributed by atoms with Crippen LogP contribution < -0.4 is 5.32 Å². The SMILES string of the molecule is C/C(F)=C\C=C(/C)N1CCNC[C@@H]1C. The quantitative estimate of drug-likeness (QED) is 0.683. The summed E-state index contributed by atoms with van der Waals surface area (Å²) in [6.07, 6.45) is 3.36. The molecule has 1 aliphatic heterocycles. The van der Waals surface area contributed by atoms with Crippen LogP contribution >= 0.6 is 0 Å². The minimum Gasteiger partial charge on any atom is -0.370 e. The van der Waals surface area contributed by atoms with Crippen molar-refractivity contribution < 1.29 is 4.39 Å². The van der Waals surface area contributed by atoms with E-state index in [0.717, 1.165) is 25.3 Å². The molecular weight excluding hydrogens is 179 g/mol. The van der Waals surface area contributed by atoms with Crippen LogP contribution in [0.1, 0.15) is 20.8 Å². The molecule has 0 aromatic heterocycles. The molecule has 1 atom stereocenters. The largest absolute Gasteiger partial charge is 0.370 e. The highest BCUT2D eigenvalue weighted by atomic mass is 19.1. The van der Waals surface area contributed by atoms with Gasteiger partial charge >= 0.3 is 0 Å². The Morgan fingerprint density at radius 1 is 1.43 bits per heavy atom. The first-order valence-electron chi connectivity index (χ1n) is 5.09. The van der Waals surface area contributed by atoms with Crippen LogP contribution in [0, 0.1) is 0 Å². The Morgan fingerprint density at radius 3 is 2.71 bits per heavy atom. The van der Waals surface area contributed by atoms with Gasteiger partial charge in [-0.05, 0) is 32.9 Å². The van der Waals surface area contributed by atoms with E-state index in [9.17, 15) is 4.39 Å². The Kier molecular flexibility index (Phi) is 4.14. The first-order chi connectivity index (χ1) is 6.61. The molecule has 0 unspecified atom stereocenters. The molecule has 0 saturated carbocycles. The topological polar surface area (TPSA) is 15.3 Å². The smallest absolute Gasteiger partial charge is 0.0969 e. The minimum absolute atomic E-state index is 0.146. The van der Waals surface area contributed by atoms with Crippen molar-refractivity contribution in [3.8, 4) is 0 Å². The monoisotopic (exact) mass is 198 g/mol. The van der Waals surface area contributed by atoms with Crippen LogP contribution in [-0.2, 0) is 0 Å². The standard InChI is InChI=1S/C11H19FN2/c1-9(12)4-5-10(2)14-7-6-13-8-11(14)3/h4-5,11,13H,6-8H2,1-3H3/b9-4+,10-5+/t11-/m0/s1. The number of hydrogen-bond acceptors (Lipinski definition) is 2. The molecule has 0 amide bonds. The predicted molar refractivity (Wildman–Crippen MR) is 57.7 cm³/mol. The van der Waals surface area contributed by atoms with E-state index in [-0.39, 0.29) is 5.83 Å². The lowest BCUT2D eigenvalue weighted by Gasteiger charge is -2.36. The summed E-state index contributed by atoms with van der Waals surface area (Å²) in [7, 11) is 0. The van der Waals surface area contributed by atoms with E-state index in [1.807, 2.05) is 13.0 Å². The van der Waals surface area contributed by atoms with Crippen molar-refractivity contribution in [3.05, 3.63) is 23.7 Å². The molecule has 3 heteroatoms. The highest BCUT2D eigenvalue weighted by molar-refractivity contribution is 5.12. The fourth-order valence-corrected chi connectivity index (χ4v) is 1.70. The molecule has 0 aliphatic carbocycles. The summed E-state index contributed by atoms with van der Waals surface area (Å²) in [5.41, 5.74) is 1.14. The Hall–Kier alpha value is -0.830. The molecule has 1 heterocycles. The van der Waals surface area contributed by atoms with Crippen molar-refractivity contribution in [2.45, 2.75) is 26.8 Å². The van der Waals surface area contributed by atoms with Crippen molar-refractivity contribution in [2.75, 3.05) is 19.6 Å². The average molecular weight is 198 g/mol. The van der Waals surface area contributed by atoms with Crippen LogP contribution in [0.15, 0.2) is 23.7 Å². The number of nitrogens with zero attached hydrogens (tertiary/aromatic N) is 1. The van der Waals surface area contributed by atoms with E-state index >= 15 is 0 Å². The summed E-state index contributed by atoms with van der Waals surface area (Å²) < 4.78 is 12.5. The van der Waals surface area contributed by atoms with Gasteiger partial charge in [-0.2, -0.15) is 0 Å². The van der Waals surface area contributed by atoms with Crippen LogP contribution in [-0.4, -0.2) is 30.6 Å². The maximum atomic E-state index is 12.5. The van der Waals surface area contributed by atoms with E-state index in [0.29, 0.717) is 6.04 Å². The third-order valence-electron chi connectivity index (χ3n) is 2.51. The molecule has 1 aliphatic rings. The average Bonchev–Trinajstić information content (AvgIpc) is 2.15. The molecular formula is C11H19FN2. The lowest BCUT2D eigenvalue weighted by molar-refractivity contribution is 0.224. The van der Waals surface area contributed by atoms with Gasteiger partial charge in [-0.3, -0.25) is 0 Å². The Bertz CT molecular complexity index is 242. The van der Waals surface area contributed by atoms with Gasteiger partial charge in [-0.15, -0.1) is 0 Å². The minimum atomic E-state index is -0.146. The van der Waals surface area contributed by atoms with Gasteiger partial charge in [0.1, 0.15) is 0 Å². The predicted octanol–water partition coefficient (Wildman–Crippen LogP) is 2.06. The van der Waals surface area contributed by atoms with Gasteiger partial charge < -0.3 is 10.2 Å². The number of rotatable bonds is 2. The zero-order chi connectivity index (χ0) is 10.6. The Labute approximate surface area is 85.5 Å². The van der Waals surface area contributed by atoms with Crippen molar-refractivity contribution >= 4 is 0 Å². The van der Waals surface area contributed by atoms with Gasteiger partial charge in [0.05, 0.1) is 5.83 Å². The summed E-state index contributed by atoms with van der Waals surface area (Å²) in [6.45, 7) is 8.68. The molecule has 1 N–H and O–H groups in total. The number of halogens is 1. The normalized spacial score (nSPS) is 25.4. The van der Waals surface area contributed by atoms with E-state index in [1.165, 1.54) is 13.0 Å². The van der Waals surface area contributed by atoms with E-state index < -0.39 is 0 Å². The van der Waals surface area contributed by atoms with Crippen LogP contribution in [0.5, 0.6) is 0 Å². The summed E-state index contributed by atoms with van der Waals surface area (Å²) >= 11 is 0. The lowest BCUT2D eigenvalue weighted by atomic mass is 10.2. The molecule has 1 saturated heterocycles. The molecule has 2 nitrogen and oxygen atoms in total. The molecule has 0 spiro atoms. The summed E-state index contributed by atoms with van der Waals surface area (Å²) in [6, 6.07) is 0.494. The maximum Gasteiger partial charge on any atom is 0.0969 e. The van der Waals surface area contributed by atoms with Crippen molar-refractivity contribution in [1.82, 2.24) is 10.2 Å². The van der Waals surface area contributed by atoms with E-state index in [2.05, 4.69) is 17.1 Å². The second-order valence-corrected chi connectivity index (χ2v) is 3.81. The third kappa shape index (κ3) is 3.14. The van der Waals surface area contributed by atoms with Gasteiger partial charge in [0.15, 0.2) is 0 Å². The summed E-state index contributed by atoms with van der Waals surface area (Å²) in [4.78, 5) is 2.30. The summed E-state index contributed by atoms with van der Waals surface area (Å²) in [5, 5.41) is 3.33. The Morgan fingerprint density at radius 2 is 2.14 bits per heavy atom. The molecule has 1 rings (SSSR count). The zero-order valence-electron chi connectivity index (χ0n) is 9.18. The van der Waals surface area contributed by atoms with Crippen LogP contribution in [0.2, 0.25) is 0 Å². The van der Waals surface area contributed by atoms with E-state index in [1.54, 1.807) is 0 Å². The number of piperazine rings is 1. The second kappa shape index (κ2) is 5.15. The van der Waals surface area contributed by atoms with Crippen molar-refractivity contribution in [3.63, 3.8) is 0 Å². The molecule has 14 heavy (non-hydrogen) atoms. The van der Waals surface area contributed by atoms with Crippen LogP contribution in [0.4, 0.5) is 4.39 Å². The lowest BCUT2D eigenvalue weighted by Crippen LogP contribution is -2.48. The van der Waals surface area contributed by atoms with E-state index in [4.69, 9.17) is 0 Å². The van der Waals surface area contributed by atoms with Gasteiger partial charge in [0.25, 0.3) is 0 Å². The van der Waals surface area contributed by atoms with Gasteiger partial charge in [0.2, 0.25) is 0 Å². The van der Waals surface area contributed by atoms with Crippen molar-refractivity contribution in [1.29, 1.82) is 0 Å². The first kappa shape index (κ1) is 11.2. The fourth-order valence-electron chi connectivity index (χ4n) is 1.70. The van der Waals surface area contributed by atoms with Gasteiger partial charge in [0, 0.05) is 31.4 Å². The van der Waals surface area contributed by atoms with Gasteiger partial charge in [-0.1, -0.05) is 0 Å². The molecule has 0 radical (unpaired) electrons. The summed E-state index contributed by atoms with van der Waals surface area (Å²) in [5.74, 6) is -0.146. The maximum absolute atomic E-state index is 12.5. The molecule has 0 bridgehead atoms. The second-order valence-electron chi connectivity index (χ2n) is 3.81. The molecule has 1 fully saturated rings. The molecule has 80 valence electrons. The zero-order valence-corrected chi connectivity index (χ0v) is 9.18.